The maximum absolute atomic E-state index is 3.37. The molecule has 0 spiro atoms. The quantitative estimate of drug-likeness (QED) is 0.690. The van der Waals surface area contributed by atoms with Crippen molar-refractivity contribution in [2.45, 2.75) is 41.0 Å². The molecular weight excluding hydrogens is 190 g/mol. The van der Waals surface area contributed by atoms with Crippen molar-refractivity contribution in [3.8, 4) is 0 Å². The van der Waals surface area contributed by atoms with E-state index >= 15 is 0 Å². The first-order valence-corrected chi connectivity index (χ1v) is 5.98. The Kier molecular flexibility index (Phi) is 3.36. The van der Waals surface area contributed by atoms with E-state index in [2.05, 4.69) is 56.9 Å². The highest BCUT2D eigenvalue weighted by Gasteiger charge is 2.29. The molecule has 0 atom stereocenters. The summed E-state index contributed by atoms with van der Waals surface area (Å²) in [7, 11) is 0. The standard InChI is InChI=1S/C12H21NS/c1-11(2,3)9-12(4,5)10-7-6-8-14-13-10/h6-8,13H,9H2,1-5H3. The predicted octanol–water partition coefficient (Wildman–Crippen LogP) is 4.10. The van der Waals surface area contributed by atoms with Gasteiger partial charge in [0.05, 0.1) is 0 Å². The molecule has 0 aliphatic carbocycles. The zero-order valence-electron chi connectivity index (χ0n) is 9.85. The SMILES string of the molecule is CC(C)(C)CC(C)(C)C1=CC=CSN1. The maximum atomic E-state index is 3.37. The van der Waals surface area contributed by atoms with Crippen molar-refractivity contribution in [2.75, 3.05) is 0 Å². The van der Waals surface area contributed by atoms with Crippen LogP contribution in [0.15, 0.2) is 23.3 Å². The van der Waals surface area contributed by atoms with E-state index in [1.807, 2.05) is 0 Å². The molecule has 0 radical (unpaired) electrons. The summed E-state index contributed by atoms with van der Waals surface area (Å²) in [6, 6.07) is 0. The first-order valence-electron chi connectivity index (χ1n) is 5.10. The third-order valence-electron chi connectivity index (χ3n) is 2.28. The van der Waals surface area contributed by atoms with Gasteiger partial charge in [-0.05, 0) is 35.3 Å². The van der Waals surface area contributed by atoms with Crippen molar-refractivity contribution in [1.82, 2.24) is 4.72 Å². The predicted molar refractivity (Wildman–Crippen MR) is 65.8 cm³/mol. The molecule has 0 aromatic heterocycles. The fourth-order valence-corrected chi connectivity index (χ4v) is 2.79. The minimum atomic E-state index is 0.232. The Hall–Kier alpha value is -0.370. The average Bonchev–Trinajstić information content (AvgIpc) is 2.01. The molecule has 1 aliphatic heterocycles. The van der Waals surface area contributed by atoms with Crippen LogP contribution in [0.5, 0.6) is 0 Å². The third-order valence-corrected chi connectivity index (χ3v) is 2.91. The molecule has 1 N–H and O–H groups in total. The van der Waals surface area contributed by atoms with E-state index in [-0.39, 0.29) is 5.41 Å². The van der Waals surface area contributed by atoms with Crippen LogP contribution in [-0.4, -0.2) is 0 Å². The van der Waals surface area contributed by atoms with Crippen molar-refractivity contribution in [3.05, 3.63) is 23.3 Å². The smallest absolute Gasteiger partial charge is 0.0270 e. The van der Waals surface area contributed by atoms with Gasteiger partial charge in [-0.1, -0.05) is 40.7 Å². The van der Waals surface area contributed by atoms with Gasteiger partial charge in [-0.2, -0.15) is 0 Å². The van der Waals surface area contributed by atoms with Crippen LogP contribution in [0.2, 0.25) is 0 Å². The Morgan fingerprint density at radius 2 is 1.86 bits per heavy atom. The van der Waals surface area contributed by atoms with E-state index in [9.17, 15) is 0 Å². The Morgan fingerprint density at radius 1 is 1.21 bits per heavy atom. The van der Waals surface area contributed by atoms with Gasteiger partial charge in [0.25, 0.3) is 0 Å². The van der Waals surface area contributed by atoms with Gasteiger partial charge in [0.1, 0.15) is 0 Å². The van der Waals surface area contributed by atoms with Crippen LogP contribution >= 0.6 is 11.9 Å². The number of rotatable bonds is 2. The van der Waals surface area contributed by atoms with E-state index < -0.39 is 0 Å². The van der Waals surface area contributed by atoms with Gasteiger partial charge in [-0.15, -0.1) is 0 Å². The van der Waals surface area contributed by atoms with Gasteiger partial charge in [0.2, 0.25) is 0 Å². The zero-order valence-corrected chi connectivity index (χ0v) is 10.7. The molecular formula is C12H21NS. The lowest BCUT2D eigenvalue weighted by Gasteiger charge is -2.35. The van der Waals surface area contributed by atoms with E-state index in [0.29, 0.717) is 5.41 Å². The summed E-state index contributed by atoms with van der Waals surface area (Å²) in [6.45, 7) is 11.5. The molecule has 0 saturated heterocycles. The first-order chi connectivity index (χ1) is 6.31. The van der Waals surface area contributed by atoms with Gasteiger partial charge in [0.15, 0.2) is 0 Å². The first kappa shape index (κ1) is 11.7. The van der Waals surface area contributed by atoms with E-state index in [0.717, 1.165) is 0 Å². The zero-order chi connectivity index (χ0) is 10.8. The summed E-state index contributed by atoms with van der Waals surface area (Å²) in [5, 5.41) is 2.07. The van der Waals surface area contributed by atoms with Crippen LogP contribution in [0.25, 0.3) is 0 Å². The highest BCUT2D eigenvalue weighted by atomic mass is 32.2. The second-order valence-electron chi connectivity index (χ2n) is 5.75. The molecule has 80 valence electrons. The summed E-state index contributed by atoms with van der Waals surface area (Å²) >= 11 is 1.66. The van der Waals surface area contributed by atoms with Crippen LogP contribution in [0.4, 0.5) is 0 Å². The van der Waals surface area contributed by atoms with Crippen molar-refractivity contribution in [2.24, 2.45) is 10.8 Å². The largest absolute Gasteiger partial charge is 0.329 e. The molecule has 0 bridgehead atoms. The van der Waals surface area contributed by atoms with E-state index in [4.69, 9.17) is 0 Å². The molecule has 1 rings (SSSR count). The second kappa shape index (κ2) is 4.01. The van der Waals surface area contributed by atoms with Crippen molar-refractivity contribution < 1.29 is 0 Å². The number of hydrogen-bond acceptors (Lipinski definition) is 2. The number of hydrogen-bond donors (Lipinski definition) is 1. The lowest BCUT2D eigenvalue weighted by atomic mass is 9.74. The maximum Gasteiger partial charge on any atom is 0.0270 e. The number of nitrogens with one attached hydrogen (secondary N) is 1. The van der Waals surface area contributed by atoms with E-state index in [1.165, 1.54) is 12.1 Å². The van der Waals surface area contributed by atoms with Crippen LogP contribution in [-0.2, 0) is 0 Å². The fraction of sp³-hybridized carbons (Fsp3) is 0.667. The molecule has 1 heterocycles. The van der Waals surface area contributed by atoms with Crippen LogP contribution < -0.4 is 4.72 Å². The molecule has 0 aromatic rings. The van der Waals surface area contributed by atoms with Crippen molar-refractivity contribution in [3.63, 3.8) is 0 Å². The van der Waals surface area contributed by atoms with Crippen molar-refractivity contribution >= 4 is 11.9 Å². The average molecular weight is 211 g/mol. The highest BCUT2D eigenvalue weighted by molar-refractivity contribution is 8.00. The van der Waals surface area contributed by atoms with Gasteiger partial charge in [-0.25, -0.2) is 0 Å². The summed E-state index contributed by atoms with van der Waals surface area (Å²) in [5.41, 5.74) is 1.94. The lowest BCUT2D eigenvalue weighted by Crippen LogP contribution is -2.28. The highest BCUT2D eigenvalue weighted by Crippen LogP contribution is 2.39. The molecule has 0 saturated carbocycles. The van der Waals surface area contributed by atoms with Gasteiger partial charge >= 0.3 is 0 Å². The normalized spacial score (nSPS) is 17.6. The fourth-order valence-electron chi connectivity index (χ4n) is 2.09. The molecule has 2 heteroatoms. The molecule has 0 unspecified atom stereocenters. The van der Waals surface area contributed by atoms with Crippen LogP contribution in [0, 0.1) is 10.8 Å². The summed E-state index contributed by atoms with van der Waals surface area (Å²) in [5.74, 6) is 0. The Bertz CT molecular complexity index is 256. The Morgan fingerprint density at radius 3 is 2.29 bits per heavy atom. The summed E-state index contributed by atoms with van der Waals surface area (Å²) < 4.78 is 3.37. The van der Waals surface area contributed by atoms with E-state index in [1.54, 1.807) is 11.9 Å². The van der Waals surface area contributed by atoms with Gasteiger partial charge in [-0.3, -0.25) is 0 Å². The topological polar surface area (TPSA) is 12.0 Å². The molecule has 0 aromatic carbocycles. The molecule has 0 fully saturated rings. The second-order valence-corrected chi connectivity index (χ2v) is 6.46. The summed E-state index contributed by atoms with van der Waals surface area (Å²) in [6.07, 6.45) is 5.48. The molecule has 0 amide bonds. The van der Waals surface area contributed by atoms with Gasteiger partial charge in [0, 0.05) is 11.1 Å². The molecule has 1 aliphatic rings. The van der Waals surface area contributed by atoms with Crippen LogP contribution in [0.1, 0.15) is 41.0 Å². The monoisotopic (exact) mass is 211 g/mol. The molecule has 14 heavy (non-hydrogen) atoms. The van der Waals surface area contributed by atoms with Crippen molar-refractivity contribution in [1.29, 1.82) is 0 Å². The Balaban J connectivity index is 2.74. The number of allylic oxidation sites excluding steroid dienone is 3. The third kappa shape index (κ3) is 3.41. The van der Waals surface area contributed by atoms with Crippen LogP contribution in [0.3, 0.4) is 0 Å². The molecule has 1 nitrogen and oxygen atoms in total. The minimum Gasteiger partial charge on any atom is -0.329 e. The lowest BCUT2D eigenvalue weighted by molar-refractivity contribution is 0.245. The minimum absolute atomic E-state index is 0.232. The Labute approximate surface area is 92.2 Å². The van der Waals surface area contributed by atoms with Gasteiger partial charge < -0.3 is 4.72 Å². The summed E-state index contributed by atoms with van der Waals surface area (Å²) in [4.78, 5) is 0.